The number of nitrogens with one attached hydrogen (secondary N) is 1. The molecule has 0 saturated heterocycles. The lowest BCUT2D eigenvalue weighted by molar-refractivity contribution is 0.479. The van der Waals surface area contributed by atoms with Gasteiger partial charge in [0.05, 0.1) is 0 Å². The Labute approximate surface area is 130 Å². The zero-order valence-electron chi connectivity index (χ0n) is 12.4. The molecule has 1 atom stereocenters. The van der Waals surface area contributed by atoms with Gasteiger partial charge in [0.25, 0.3) is 0 Å². The van der Waals surface area contributed by atoms with Crippen LogP contribution in [0.2, 0.25) is 5.02 Å². The molecule has 1 unspecified atom stereocenters. The number of imidazole rings is 1. The van der Waals surface area contributed by atoms with Crippen molar-refractivity contribution in [1.29, 1.82) is 0 Å². The zero-order chi connectivity index (χ0) is 15.2. The van der Waals surface area contributed by atoms with Crippen LogP contribution in [0.4, 0.5) is 4.39 Å². The average molecular weight is 310 g/mol. The minimum Gasteiger partial charge on any atom is -0.338 e. The third-order valence-electron chi connectivity index (χ3n) is 3.55. The summed E-state index contributed by atoms with van der Waals surface area (Å²) in [6.07, 6.45) is 6.03. The van der Waals surface area contributed by atoms with Crippen molar-refractivity contribution in [2.24, 2.45) is 7.05 Å². The van der Waals surface area contributed by atoms with Gasteiger partial charge in [0.15, 0.2) is 0 Å². The van der Waals surface area contributed by atoms with Crippen molar-refractivity contribution in [2.45, 2.75) is 32.2 Å². The number of hydrogen-bond acceptors (Lipinski definition) is 2. The SMILES string of the molecule is CCCNC(Cc1c(F)cccc1Cl)Cc1nccn1C. The van der Waals surface area contributed by atoms with Crippen LogP contribution in [0.5, 0.6) is 0 Å². The molecule has 3 nitrogen and oxygen atoms in total. The highest BCUT2D eigenvalue weighted by Crippen LogP contribution is 2.21. The van der Waals surface area contributed by atoms with Gasteiger partial charge in [-0.25, -0.2) is 9.37 Å². The van der Waals surface area contributed by atoms with Crippen molar-refractivity contribution in [3.8, 4) is 0 Å². The lowest BCUT2D eigenvalue weighted by Crippen LogP contribution is -2.35. The van der Waals surface area contributed by atoms with E-state index in [1.807, 2.05) is 17.8 Å². The Balaban J connectivity index is 2.14. The summed E-state index contributed by atoms with van der Waals surface area (Å²) in [6.45, 7) is 3.00. The van der Waals surface area contributed by atoms with Crippen LogP contribution in [0.3, 0.4) is 0 Å². The van der Waals surface area contributed by atoms with Gasteiger partial charge in [-0.05, 0) is 31.5 Å². The van der Waals surface area contributed by atoms with Gasteiger partial charge in [0.1, 0.15) is 11.6 Å². The predicted octanol–water partition coefficient (Wildman–Crippen LogP) is 3.37. The van der Waals surface area contributed by atoms with Crippen molar-refractivity contribution in [3.63, 3.8) is 0 Å². The van der Waals surface area contributed by atoms with E-state index in [9.17, 15) is 4.39 Å². The van der Waals surface area contributed by atoms with Gasteiger partial charge in [-0.15, -0.1) is 0 Å². The lowest BCUT2D eigenvalue weighted by Gasteiger charge is -2.19. The maximum Gasteiger partial charge on any atom is 0.127 e. The van der Waals surface area contributed by atoms with Crippen LogP contribution < -0.4 is 5.32 Å². The van der Waals surface area contributed by atoms with Gasteiger partial charge in [-0.2, -0.15) is 0 Å². The molecule has 0 aliphatic heterocycles. The number of hydrogen-bond donors (Lipinski definition) is 1. The number of benzene rings is 1. The van der Waals surface area contributed by atoms with E-state index in [2.05, 4.69) is 17.2 Å². The first-order chi connectivity index (χ1) is 10.1. The lowest BCUT2D eigenvalue weighted by atomic mass is 10.0. The Hall–Kier alpha value is -1.39. The van der Waals surface area contributed by atoms with Gasteiger partial charge >= 0.3 is 0 Å². The summed E-state index contributed by atoms with van der Waals surface area (Å²) in [5.41, 5.74) is 0.571. The zero-order valence-corrected chi connectivity index (χ0v) is 13.2. The Kier molecular flexibility index (Phi) is 5.76. The van der Waals surface area contributed by atoms with Crippen molar-refractivity contribution in [2.75, 3.05) is 6.54 Å². The van der Waals surface area contributed by atoms with Gasteiger partial charge in [0.2, 0.25) is 0 Å². The normalized spacial score (nSPS) is 12.6. The van der Waals surface area contributed by atoms with E-state index in [4.69, 9.17) is 11.6 Å². The second-order valence-electron chi connectivity index (χ2n) is 5.21. The minimum absolute atomic E-state index is 0.112. The van der Waals surface area contributed by atoms with Gasteiger partial charge in [0, 0.05) is 42.5 Å². The highest BCUT2D eigenvalue weighted by atomic mass is 35.5. The van der Waals surface area contributed by atoms with Crippen LogP contribution in [0.25, 0.3) is 0 Å². The molecule has 114 valence electrons. The number of aryl methyl sites for hydroxylation is 1. The smallest absolute Gasteiger partial charge is 0.127 e. The summed E-state index contributed by atoms with van der Waals surface area (Å²) < 4.78 is 15.9. The summed E-state index contributed by atoms with van der Waals surface area (Å²) >= 11 is 6.13. The minimum atomic E-state index is -0.245. The molecule has 1 N–H and O–H groups in total. The van der Waals surface area contributed by atoms with Crippen molar-refractivity contribution in [1.82, 2.24) is 14.9 Å². The topological polar surface area (TPSA) is 29.9 Å². The molecule has 5 heteroatoms. The molecule has 1 aromatic carbocycles. The van der Waals surface area contributed by atoms with Crippen LogP contribution in [0.1, 0.15) is 24.7 Å². The molecule has 0 spiro atoms. The quantitative estimate of drug-likeness (QED) is 0.850. The van der Waals surface area contributed by atoms with E-state index >= 15 is 0 Å². The Morgan fingerprint density at radius 2 is 2.19 bits per heavy atom. The fourth-order valence-electron chi connectivity index (χ4n) is 2.35. The Morgan fingerprint density at radius 1 is 1.38 bits per heavy atom. The second-order valence-corrected chi connectivity index (χ2v) is 5.62. The van der Waals surface area contributed by atoms with E-state index in [-0.39, 0.29) is 11.9 Å². The van der Waals surface area contributed by atoms with Gasteiger partial charge in [-0.1, -0.05) is 24.6 Å². The maximum atomic E-state index is 14.0. The molecule has 21 heavy (non-hydrogen) atoms. The first-order valence-corrected chi connectivity index (χ1v) is 7.62. The fourth-order valence-corrected chi connectivity index (χ4v) is 2.59. The van der Waals surface area contributed by atoms with Crippen molar-refractivity contribution in [3.05, 3.63) is 52.8 Å². The van der Waals surface area contributed by atoms with Crippen LogP contribution in [-0.2, 0) is 19.9 Å². The maximum absolute atomic E-state index is 14.0. The third kappa shape index (κ3) is 4.29. The number of halogens is 2. The van der Waals surface area contributed by atoms with Crippen molar-refractivity contribution >= 4 is 11.6 Å². The molecule has 0 saturated carbocycles. The first kappa shape index (κ1) is 16.0. The van der Waals surface area contributed by atoms with E-state index in [1.54, 1.807) is 18.3 Å². The van der Waals surface area contributed by atoms with E-state index < -0.39 is 0 Å². The van der Waals surface area contributed by atoms with Crippen LogP contribution in [-0.4, -0.2) is 22.1 Å². The summed E-state index contributed by atoms with van der Waals surface area (Å²) in [4.78, 5) is 4.35. The average Bonchev–Trinajstić information content (AvgIpc) is 2.85. The molecule has 0 bridgehead atoms. The van der Waals surface area contributed by atoms with Gasteiger partial charge in [-0.3, -0.25) is 0 Å². The molecule has 0 radical (unpaired) electrons. The van der Waals surface area contributed by atoms with Crippen LogP contribution in [0, 0.1) is 5.82 Å². The molecule has 0 aliphatic carbocycles. The fraction of sp³-hybridized carbons (Fsp3) is 0.438. The largest absolute Gasteiger partial charge is 0.338 e. The molecule has 0 amide bonds. The number of nitrogens with zero attached hydrogens (tertiary/aromatic N) is 2. The second kappa shape index (κ2) is 7.57. The summed E-state index contributed by atoms with van der Waals surface area (Å²) in [5, 5.41) is 3.94. The van der Waals surface area contributed by atoms with Crippen molar-refractivity contribution < 1.29 is 4.39 Å². The summed E-state index contributed by atoms with van der Waals surface area (Å²) in [5.74, 6) is 0.738. The number of aromatic nitrogens is 2. The summed E-state index contributed by atoms with van der Waals surface area (Å²) in [6, 6.07) is 4.94. The third-order valence-corrected chi connectivity index (χ3v) is 3.90. The summed E-state index contributed by atoms with van der Waals surface area (Å²) in [7, 11) is 1.97. The highest BCUT2D eigenvalue weighted by molar-refractivity contribution is 6.31. The Bertz CT molecular complexity index is 562. The molecule has 2 rings (SSSR count). The first-order valence-electron chi connectivity index (χ1n) is 7.24. The monoisotopic (exact) mass is 309 g/mol. The van der Waals surface area contributed by atoms with E-state index in [0.717, 1.165) is 25.2 Å². The van der Waals surface area contributed by atoms with Gasteiger partial charge < -0.3 is 9.88 Å². The molecular formula is C16H21ClFN3. The molecule has 1 aromatic heterocycles. The molecule has 0 fully saturated rings. The van der Waals surface area contributed by atoms with E-state index in [0.29, 0.717) is 17.0 Å². The number of rotatable bonds is 7. The molecule has 0 aliphatic rings. The van der Waals surface area contributed by atoms with Crippen LogP contribution >= 0.6 is 11.6 Å². The van der Waals surface area contributed by atoms with E-state index in [1.165, 1.54) is 6.07 Å². The standard InChI is InChI=1S/C16H21ClFN3/c1-3-7-19-12(11-16-20-8-9-21(16)2)10-13-14(17)5-4-6-15(13)18/h4-6,8-9,12,19H,3,7,10-11H2,1-2H3. The molecular weight excluding hydrogens is 289 g/mol. The predicted molar refractivity (Wildman–Crippen MR) is 84.1 cm³/mol. The molecule has 2 aromatic rings. The molecule has 1 heterocycles. The highest BCUT2D eigenvalue weighted by Gasteiger charge is 2.16. The van der Waals surface area contributed by atoms with Crippen LogP contribution in [0.15, 0.2) is 30.6 Å². The Morgan fingerprint density at radius 3 is 2.81 bits per heavy atom.